The van der Waals surface area contributed by atoms with Crippen molar-refractivity contribution >= 4 is 11.7 Å². The lowest BCUT2D eigenvalue weighted by atomic mass is 10.2. The molecule has 0 saturated carbocycles. The molecule has 2 heterocycles. The standard InChI is InChI=1S/C14H16N6/c1-3-19(4-2)13-15-10-20-14(17-13)16-12(18-20)11-8-6-5-7-9-11/h5-10H,3-4H2,1-2H3. The quantitative estimate of drug-likeness (QED) is 0.724. The van der Waals surface area contributed by atoms with Crippen LogP contribution in [0.3, 0.4) is 0 Å². The van der Waals surface area contributed by atoms with Crippen LogP contribution in [0, 0.1) is 0 Å². The molecule has 6 heteroatoms. The molecule has 3 rings (SSSR count). The molecule has 0 saturated heterocycles. The van der Waals surface area contributed by atoms with Crippen molar-refractivity contribution in [2.75, 3.05) is 18.0 Å². The highest BCUT2D eigenvalue weighted by Crippen LogP contribution is 2.15. The molecule has 0 aliphatic carbocycles. The molecule has 0 aliphatic heterocycles. The highest BCUT2D eigenvalue weighted by atomic mass is 15.4. The molecular weight excluding hydrogens is 252 g/mol. The van der Waals surface area contributed by atoms with Crippen molar-refractivity contribution in [1.29, 1.82) is 0 Å². The fourth-order valence-electron chi connectivity index (χ4n) is 2.06. The SMILES string of the molecule is CCN(CC)c1ncn2nc(-c3ccccc3)nc2n1. The second kappa shape index (κ2) is 5.24. The summed E-state index contributed by atoms with van der Waals surface area (Å²) >= 11 is 0. The number of rotatable bonds is 4. The molecule has 2 aromatic heterocycles. The number of aromatic nitrogens is 5. The van der Waals surface area contributed by atoms with E-state index in [1.165, 1.54) is 0 Å². The predicted molar refractivity (Wildman–Crippen MR) is 77.6 cm³/mol. The van der Waals surface area contributed by atoms with Gasteiger partial charge >= 0.3 is 0 Å². The topological polar surface area (TPSA) is 59.2 Å². The molecule has 0 N–H and O–H groups in total. The Morgan fingerprint density at radius 2 is 1.80 bits per heavy atom. The van der Waals surface area contributed by atoms with Gasteiger partial charge in [-0.25, -0.2) is 4.98 Å². The Morgan fingerprint density at radius 1 is 1.05 bits per heavy atom. The number of fused-ring (bicyclic) bond motifs is 1. The summed E-state index contributed by atoms with van der Waals surface area (Å²) in [5.74, 6) is 1.92. The smallest absolute Gasteiger partial charge is 0.257 e. The van der Waals surface area contributed by atoms with Gasteiger partial charge in [-0.05, 0) is 13.8 Å². The molecule has 0 spiro atoms. The van der Waals surface area contributed by atoms with Gasteiger partial charge in [-0.2, -0.15) is 14.5 Å². The Bertz CT molecular complexity index is 702. The van der Waals surface area contributed by atoms with E-state index in [1.807, 2.05) is 30.3 Å². The summed E-state index contributed by atoms with van der Waals surface area (Å²) in [5.41, 5.74) is 0.974. The second-order valence-electron chi connectivity index (χ2n) is 4.37. The summed E-state index contributed by atoms with van der Waals surface area (Å²) in [4.78, 5) is 15.3. The fourth-order valence-corrected chi connectivity index (χ4v) is 2.06. The van der Waals surface area contributed by atoms with Crippen LogP contribution in [0.1, 0.15) is 13.8 Å². The molecule has 1 aromatic carbocycles. The minimum absolute atomic E-state index is 0.570. The van der Waals surface area contributed by atoms with E-state index in [4.69, 9.17) is 0 Å². The van der Waals surface area contributed by atoms with Gasteiger partial charge in [0.25, 0.3) is 5.78 Å². The number of anilines is 1. The Kier molecular flexibility index (Phi) is 3.28. The number of hydrogen-bond acceptors (Lipinski definition) is 5. The van der Waals surface area contributed by atoms with E-state index in [1.54, 1.807) is 10.8 Å². The van der Waals surface area contributed by atoms with Crippen LogP contribution in [-0.2, 0) is 0 Å². The highest BCUT2D eigenvalue weighted by molar-refractivity contribution is 5.56. The molecule has 6 nitrogen and oxygen atoms in total. The first-order valence-electron chi connectivity index (χ1n) is 6.71. The van der Waals surface area contributed by atoms with Crippen molar-refractivity contribution < 1.29 is 0 Å². The maximum Gasteiger partial charge on any atom is 0.257 e. The average molecular weight is 268 g/mol. The van der Waals surface area contributed by atoms with Crippen molar-refractivity contribution in [3.05, 3.63) is 36.7 Å². The summed E-state index contributed by atoms with van der Waals surface area (Å²) < 4.78 is 1.61. The maximum atomic E-state index is 4.47. The van der Waals surface area contributed by atoms with Crippen LogP contribution in [0.15, 0.2) is 36.7 Å². The van der Waals surface area contributed by atoms with Crippen LogP contribution in [0.25, 0.3) is 17.2 Å². The van der Waals surface area contributed by atoms with Crippen molar-refractivity contribution in [3.63, 3.8) is 0 Å². The third-order valence-electron chi connectivity index (χ3n) is 3.17. The second-order valence-corrected chi connectivity index (χ2v) is 4.37. The van der Waals surface area contributed by atoms with Crippen LogP contribution in [0.2, 0.25) is 0 Å². The van der Waals surface area contributed by atoms with Gasteiger partial charge in [-0.3, -0.25) is 0 Å². The molecule has 0 radical (unpaired) electrons. The summed E-state index contributed by atoms with van der Waals surface area (Å²) in [6, 6.07) is 9.86. The molecule has 0 atom stereocenters. The van der Waals surface area contributed by atoms with Crippen LogP contribution in [-0.4, -0.2) is 37.7 Å². The first kappa shape index (κ1) is 12.5. The molecule has 0 bridgehead atoms. The lowest BCUT2D eigenvalue weighted by Gasteiger charge is -2.17. The molecule has 3 aromatic rings. The zero-order valence-corrected chi connectivity index (χ0v) is 11.6. The molecule has 0 amide bonds. The van der Waals surface area contributed by atoms with Gasteiger partial charge in [0.05, 0.1) is 0 Å². The molecule has 102 valence electrons. The first-order valence-corrected chi connectivity index (χ1v) is 6.71. The largest absolute Gasteiger partial charge is 0.341 e. The third kappa shape index (κ3) is 2.20. The van der Waals surface area contributed by atoms with E-state index in [0.717, 1.165) is 18.7 Å². The summed E-state index contributed by atoms with van der Waals surface area (Å²) in [7, 11) is 0. The fraction of sp³-hybridized carbons (Fsp3) is 0.286. The minimum atomic E-state index is 0.570. The van der Waals surface area contributed by atoms with Gasteiger partial charge < -0.3 is 4.90 Å². The lowest BCUT2D eigenvalue weighted by Crippen LogP contribution is -2.24. The van der Waals surface area contributed by atoms with E-state index < -0.39 is 0 Å². The zero-order valence-electron chi connectivity index (χ0n) is 11.6. The van der Waals surface area contributed by atoms with E-state index >= 15 is 0 Å². The number of benzene rings is 1. The Labute approximate surface area is 117 Å². The van der Waals surface area contributed by atoms with Gasteiger partial charge in [-0.1, -0.05) is 30.3 Å². The van der Waals surface area contributed by atoms with Gasteiger partial charge in [0.2, 0.25) is 5.95 Å². The molecule has 0 aliphatic rings. The van der Waals surface area contributed by atoms with Crippen LogP contribution in [0.5, 0.6) is 0 Å². The Hall–Kier alpha value is -2.50. The monoisotopic (exact) mass is 268 g/mol. The molecule has 0 unspecified atom stereocenters. The minimum Gasteiger partial charge on any atom is -0.341 e. The van der Waals surface area contributed by atoms with Crippen LogP contribution >= 0.6 is 0 Å². The Morgan fingerprint density at radius 3 is 2.50 bits per heavy atom. The van der Waals surface area contributed by atoms with E-state index in [9.17, 15) is 0 Å². The summed E-state index contributed by atoms with van der Waals surface area (Å²) in [6.45, 7) is 5.89. The zero-order chi connectivity index (χ0) is 13.9. The van der Waals surface area contributed by atoms with Crippen molar-refractivity contribution in [2.45, 2.75) is 13.8 Å². The van der Waals surface area contributed by atoms with Gasteiger partial charge in [0, 0.05) is 18.7 Å². The van der Waals surface area contributed by atoms with Gasteiger partial charge in [-0.15, -0.1) is 5.10 Å². The Balaban J connectivity index is 2.04. The van der Waals surface area contributed by atoms with E-state index in [2.05, 4.69) is 38.8 Å². The summed E-state index contributed by atoms with van der Waals surface area (Å²) in [6.07, 6.45) is 1.66. The maximum absolute atomic E-state index is 4.47. The van der Waals surface area contributed by atoms with Gasteiger partial charge in [0.1, 0.15) is 6.33 Å². The first-order chi connectivity index (χ1) is 9.81. The average Bonchev–Trinajstić information content (AvgIpc) is 2.93. The van der Waals surface area contributed by atoms with E-state index in [-0.39, 0.29) is 0 Å². The molecule has 20 heavy (non-hydrogen) atoms. The van der Waals surface area contributed by atoms with Crippen LogP contribution in [0.4, 0.5) is 5.95 Å². The van der Waals surface area contributed by atoms with Gasteiger partial charge in [0.15, 0.2) is 5.82 Å². The molecule has 0 fully saturated rings. The van der Waals surface area contributed by atoms with Crippen molar-refractivity contribution in [3.8, 4) is 11.4 Å². The molecular formula is C14H16N6. The number of nitrogens with zero attached hydrogens (tertiary/aromatic N) is 6. The van der Waals surface area contributed by atoms with Crippen molar-refractivity contribution in [2.24, 2.45) is 0 Å². The third-order valence-corrected chi connectivity index (χ3v) is 3.17. The van der Waals surface area contributed by atoms with Crippen molar-refractivity contribution in [1.82, 2.24) is 24.6 Å². The highest BCUT2D eigenvalue weighted by Gasteiger charge is 2.10. The van der Waals surface area contributed by atoms with E-state index in [0.29, 0.717) is 17.6 Å². The summed E-state index contributed by atoms with van der Waals surface area (Å²) in [5, 5.41) is 4.40. The van der Waals surface area contributed by atoms with Crippen LogP contribution < -0.4 is 4.90 Å². The normalized spacial score (nSPS) is 10.9. The lowest BCUT2D eigenvalue weighted by molar-refractivity contribution is 0.798. The predicted octanol–water partition coefficient (Wildman–Crippen LogP) is 2.03. The number of hydrogen-bond donors (Lipinski definition) is 0.